The first-order valence-corrected chi connectivity index (χ1v) is 8.84. The van der Waals surface area contributed by atoms with E-state index in [0.29, 0.717) is 17.9 Å². The maximum Gasteiger partial charge on any atom is 0.319 e. The number of anilines is 3. The van der Waals surface area contributed by atoms with Crippen molar-refractivity contribution in [2.75, 3.05) is 28.6 Å². The van der Waals surface area contributed by atoms with Crippen molar-refractivity contribution in [1.29, 1.82) is 0 Å². The van der Waals surface area contributed by atoms with Gasteiger partial charge in [-0.2, -0.15) is 0 Å². The number of hydrogen-bond acceptors (Lipinski definition) is 3. The zero-order chi connectivity index (χ0) is 19.2. The summed E-state index contributed by atoms with van der Waals surface area (Å²) < 4.78 is 0. The van der Waals surface area contributed by atoms with Crippen molar-refractivity contribution in [2.24, 2.45) is 0 Å². The van der Waals surface area contributed by atoms with Crippen molar-refractivity contribution >= 4 is 34.9 Å². The Balaban J connectivity index is 1.45. The van der Waals surface area contributed by atoms with Crippen LogP contribution >= 0.6 is 0 Å². The molecule has 0 atom stereocenters. The third-order valence-corrected chi connectivity index (χ3v) is 4.31. The van der Waals surface area contributed by atoms with Gasteiger partial charge in [-0.15, -0.1) is 0 Å². The van der Waals surface area contributed by atoms with E-state index in [1.54, 1.807) is 30.0 Å². The summed E-state index contributed by atoms with van der Waals surface area (Å²) in [6.45, 7) is 2.45. The molecular formula is C20H22N4O3. The molecule has 3 N–H and O–H groups in total. The zero-order valence-corrected chi connectivity index (χ0v) is 15.1. The van der Waals surface area contributed by atoms with E-state index in [1.807, 2.05) is 30.3 Å². The van der Waals surface area contributed by atoms with Crippen LogP contribution in [0.15, 0.2) is 48.5 Å². The van der Waals surface area contributed by atoms with Crippen LogP contribution in [-0.4, -0.2) is 30.9 Å². The topological polar surface area (TPSA) is 90.5 Å². The normalized spacial score (nSPS) is 12.3. The van der Waals surface area contributed by atoms with E-state index >= 15 is 0 Å². The Labute approximate surface area is 157 Å². The van der Waals surface area contributed by atoms with Gasteiger partial charge in [-0.3, -0.25) is 9.59 Å². The van der Waals surface area contributed by atoms with E-state index in [0.717, 1.165) is 17.7 Å². The van der Waals surface area contributed by atoms with E-state index in [9.17, 15) is 14.4 Å². The van der Waals surface area contributed by atoms with Crippen LogP contribution in [0, 0.1) is 0 Å². The lowest BCUT2D eigenvalue weighted by atomic mass is 10.1. The van der Waals surface area contributed by atoms with Crippen molar-refractivity contribution in [3.05, 3.63) is 54.1 Å². The Kier molecular flexibility index (Phi) is 5.71. The van der Waals surface area contributed by atoms with Gasteiger partial charge in [0.25, 0.3) is 0 Å². The molecule has 1 aliphatic rings. The minimum absolute atomic E-state index is 0.0189. The quantitative estimate of drug-likeness (QED) is 0.760. The molecule has 4 amide bonds. The van der Waals surface area contributed by atoms with Crippen LogP contribution in [0.1, 0.15) is 18.9 Å². The molecule has 2 aromatic rings. The van der Waals surface area contributed by atoms with Gasteiger partial charge < -0.3 is 20.9 Å². The minimum atomic E-state index is -0.351. The number of benzene rings is 2. The predicted molar refractivity (Wildman–Crippen MR) is 105 cm³/mol. The van der Waals surface area contributed by atoms with Crippen LogP contribution in [0.3, 0.4) is 0 Å². The minimum Gasteiger partial charge on any atom is -0.337 e. The molecule has 7 heteroatoms. The monoisotopic (exact) mass is 366 g/mol. The Morgan fingerprint density at radius 3 is 2.52 bits per heavy atom. The molecule has 140 valence electrons. The predicted octanol–water partition coefficient (Wildman–Crippen LogP) is 2.75. The van der Waals surface area contributed by atoms with Gasteiger partial charge in [-0.1, -0.05) is 18.2 Å². The summed E-state index contributed by atoms with van der Waals surface area (Å²) in [7, 11) is 0. The molecule has 0 spiro atoms. The molecule has 0 unspecified atom stereocenters. The van der Waals surface area contributed by atoms with Gasteiger partial charge in [0.2, 0.25) is 11.8 Å². The molecule has 1 aliphatic heterocycles. The van der Waals surface area contributed by atoms with Gasteiger partial charge in [0, 0.05) is 43.5 Å². The summed E-state index contributed by atoms with van der Waals surface area (Å²) in [5.41, 5.74) is 3.33. The maximum absolute atomic E-state index is 12.1. The van der Waals surface area contributed by atoms with Crippen molar-refractivity contribution in [3.8, 4) is 0 Å². The van der Waals surface area contributed by atoms with Crippen molar-refractivity contribution in [3.63, 3.8) is 0 Å². The fourth-order valence-corrected chi connectivity index (χ4v) is 3.02. The SMILES string of the molecule is CC(=O)N1CCc2cc(NC(=O)CCNC(=O)Nc3ccccc3)ccc21. The Hall–Kier alpha value is -3.35. The molecular weight excluding hydrogens is 344 g/mol. The maximum atomic E-state index is 12.1. The first-order chi connectivity index (χ1) is 13.0. The van der Waals surface area contributed by atoms with Crippen LogP contribution in [0.2, 0.25) is 0 Å². The van der Waals surface area contributed by atoms with Crippen LogP contribution < -0.4 is 20.9 Å². The highest BCUT2D eigenvalue weighted by molar-refractivity contribution is 5.96. The summed E-state index contributed by atoms with van der Waals surface area (Å²) in [4.78, 5) is 37.2. The van der Waals surface area contributed by atoms with E-state index in [1.165, 1.54) is 0 Å². The first-order valence-electron chi connectivity index (χ1n) is 8.84. The second-order valence-corrected chi connectivity index (χ2v) is 6.31. The van der Waals surface area contributed by atoms with Crippen LogP contribution in [0.4, 0.5) is 21.9 Å². The molecule has 0 aliphatic carbocycles. The van der Waals surface area contributed by atoms with Gasteiger partial charge in [0.15, 0.2) is 0 Å². The summed E-state index contributed by atoms with van der Waals surface area (Å²) >= 11 is 0. The van der Waals surface area contributed by atoms with E-state index in [4.69, 9.17) is 0 Å². The van der Waals surface area contributed by atoms with Gasteiger partial charge in [-0.25, -0.2) is 4.79 Å². The highest BCUT2D eigenvalue weighted by Gasteiger charge is 2.22. The molecule has 0 bridgehead atoms. The molecule has 0 saturated heterocycles. The molecule has 0 radical (unpaired) electrons. The van der Waals surface area contributed by atoms with Crippen molar-refractivity contribution in [2.45, 2.75) is 19.8 Å². The van der Waals surface area contributed by atoms with E-state index in [2.05, 4.69) is 16.0 Å². The number of carbonyl (C=O) groups excluding carboxylic acids is 3. The van der Waals surface area contributed by atoms with Gasteiger partial charge in [0.05, 0.1) is 0 Å². The number of amides is 4. The number of nitrogens with zero attached hydrogens (tertiary/aromatic N) is 1. The smallest absolute Gasteiger partial charge is 0.319 e. The molecule has 7 nitrogen and oxygen atoms in total. The van der Waals surface area contributed by atoms with Crippen molar-refractivity contribution in [1.82, 2.24) is 5.32 Å². The molecule has 0 aromatic heterocycles. The Morgan fingerprint density at radius 1 is 1.00 bits per heavy atom. The largest absolute Gasteiger partial charge is 0.337 e. The molecule has 2 aromatic carbocycles. The van der Waals surface area contributed by atoms with Gasteiger partial charge in [-0.05, 0) is 42.3 Å². The second-order valence-electron chi connectivity index (χ2n) is 6.31. The van der Waals surface area contributed by atoms with Crippen LogP contribution in [0.5, 0.6) is 0 Å². The third kappa shape index (κ3) is 4.84. The fourth-order valence-electron chi connectivity index (χ4n) is 3.02. The number of para-hydroxylation sites is 1. The van der Waals surface area contributed by atoms with Crippen molar-refractivity contribution < 1.29 is 14.4 Å². The zero-order valence-electron chi connectivity index (χ0n) is 15.1. The lowest BCUT2D eigenvalue weighted by molar-refractivity contribution is -0.117. The first kappa shape index (κ1) is 18.4. The summed E-state index contributed by atoms with van der Waals surface area (Å²) in [5, 5.41) is 8.17. The number of carbonyl (C=O) groups is 3. The highest BCUT2D eigenvalue weighted by atomic mass is 16.2. The Bertz CT molecular complexity index is 852. The van der Waals surface area contributed by atoms with Crippen LogP contribution in [-0.2, 0) is 16.0 Å². The molecule has 3 rings (SSSR count). The Morgan fingerprint density at radius 2 is 1.78 bits per heavy atom. The molecule has 0 fully saturated rings. The standard InChI is InChI=1S/C20H22N4O3/c1-14(25)24-12-10-15-13-17(7-8-18(15)24)22-19(26)9-11-21-20(27)23-16-5-3-2-4-6-16/h2-8,13H,9-12H2,1H3,(H,22,26)(H2,21,23,27). The lowest BCUT2D eigenvalue weighted by Gasteiger charge is -2.15. The second kappa shape index (κ2) is 8.35. The number of rotatable bonds is 5. The van der Waals surface area contributed by atoms with Gasteiger partial charge in [0.1, 0.15) is 0 Å². The molecule has 0 saturated carbocycles. The average molecular weight is 366 g/mol. The fraction of sp³-hybridized carbons (Fsp3) is 0.250. The summed E-state index contributed by atoms with van der Waals surface area (Å²) in [5.74, 6) is -0.165. The number of hydrogen-bond donors (Lipinski definition) is 3. The molecule has 1 heterocycles. The highest BCUT2D eigenvalue weighted by Crippen LogP contribution is 2.30. The number of nitrogens with one attached hydrogen (secondary N) is 3. The lowest BCUT2D eigenvalue weighted by Crippen LogP contribution is -2.31. The average Bonchev–Trinajstić information content (AvgIpc) is 3.06. The number of fused-ring (bicyclic) bond motifs is 1. The third-order valence-electron chi connectivity index (χ3n) is 4.31. The van der Waals surface area contributed by atoms with Gasteiger partial charge >= 0.3 is 6.03 Å². The van der Waals surface area contributed by atoms with E-state index in [-0.39, 0.29) is 30.8 Å². The number of urea groups is 1. The summed E-state index contributed by atoms with van der Waals surface area (Å²) in [6.07, 6.45) is 0.943. The summed E-state index contributed by atoms with van der Waals surface area (Å²) in [6, 6.07) is 14.3. The molecule has 27 heavy (non-hydrogen) atoms. The van der Waals surface area contributed by atoms with Crippen LogP contribution in [0.25, 0.3) is 0 Å². The van der Waals surface area contributed by atoms with E-state index < -0.39 is 0 Å².